The van der Waals surface area contributed by atoms with Gasteiger partial charge < -0.3 is 4.74 Å². The molecular formula is C10H16O2. The molecule has 0 aromatic carbocycles. The molecule has 1 rings (SSSR count). The summed E-state index contributed by atoms with van der Waals surface area (Å²) in [5.74, 6) is 0.358. The quantitative estimate of drug-likeness (QED) is 0.465. The normalized spacial score (nSPS) is 32.0. The first-order valence-electron chi connectivity index (χ1n) is 4.26. The van der Waals surface area contributed by atoms with Crippen LogP contribution in [0.4, 0.5) is 0 Å². The Bertz CT molecular complexity index is 216. The van der Waals surface area contributed by atoms with Crippen molar-refractivity contribution < 1.29 is 9.53 Å². The van der Waals surface area contributed by atoms with E-state index in [0.717, 1.165) is 0 Å². The molecule has 2 atom stereocenters. The van der Waals surface area contributed by atoms with Gasteiger partial charge in [0.2, 0.25) is 0 Å². The lowest BCUT2D eigenvalue weighted by Gasteiger charge is -1.98. The van der Waals surface area contributed by atoms with E-state index >= 15 is 0 Å². The van der Waals surface area contributed by atoms with Crippen LogP contribution in [0.1, 0.15) is 20.8 Å². The first-order chi connectivity index (χ1) is 5.55. The third kappa shape index (κ3) is 1.26. The van der Waals surface area contributed by atoms with Crippen LogP contribution in [-0.2, 0) is 9.53 Å². The van der Waals surface area contributed by atoms with Gasteiger partial charge in [-0.2, -0.15) is 0 Å². The summed E-state index contributed by atoms with van der Waals surface area (Å²) in [6.07, 6.45) is 4.08. The van der Waals surface area contributed by atoms with E-state index in [9.17, 15) is 4.79 Å². The number of allylic oxidation sites excluding steroid dienone is 2. The van der Waals surface area contributed by atoms with Crippen molar-refractivity contribution in [2.45, 2.75) is 20.8 Å². The highest BCUT2D eigenvalue weighted by Crippen LogP contribution is 2.59. The van der Waals surface area contributed by atoms with Crippen LogP contribution in [0.3, 0.4) is 0 Å². The Morgan fingerprint density at radius 1 is 1.50 bits per heavy atom. The van der Waals surface area contributed by atoms with E-state index in [2.05, 4.69) is 19.9 Å². The van der Waals surface area contributed by atoms with Crippen molar-refractivity contribution in [3.05, 3.63) is 12.2 Å². The Hall–Kier alpha value is -0.790. The number of rotatable bonds is 2. The number of ether oxygens (including phenoxy) is 1. The third-order valence-corrected chi connectivity index (χ3v) is 2.77. The molecule has 0 aromatic rings. The van der Waals surface area contributed by atoms with Crippen LogP contribution >= 0.6 is 0 Å². The van der Waals surface area contributed by atoms with Crippen LogP contribution < -0.4 is 0 Å². The molecule has 0 unspecified atom stereocenters. The zero-order valence-corrected chi connectivity index (χ0v) is 8.13. The second-order valence-corrected chi connectivity index (χ2v) is 3.87. The van der Waals surface area contributed by atoms with Crippen molar-refractivity contribution in [1.82, 2.24) is 0 Å². The van der Waals surface area contributed by atoms with Gasteiger partial charge in [-0.05, 0) is 18.3 Å². The average molecular weight is 168 g/mol. The third-order valence-electron chi connectivity index (χ3n) is 2.77. The van der Waals surface area contributed by atoms with E-state index in [-0.39, 0.29) is 17.3 Å². The highest BCUT2D eigenvalue weighted by molar-refractivity contribution is 5.78. The van der Waals surface area contributed by atoms with Crippen LogP contribution in [0.5, 0.6) is 0 Å². The van der Waals surface area contributed by atoms with Gasteiger partial charge in [0.15, 0.2) is 0 Å². The molecule has 0 N–H and O–H groups in total. The van der Waals surface area contributed by atoms with Crippen molar-refractivity contribution in [3.63, 3.8) is 0 Å². The van der Waals surface area contributed by atoms with Crippen molar-refractivity contribution in [2.75, 3.05) is 7.11 Å². The van der Waals surface area contributed by atoms with Gasteiger partial charge in [0.1, 0.15) is 0 Å². The van der Waals surface area contributed by atoms with Crippen LogP contribution in [0.15, 0.2) is 12.2 Å². The molecule has 1 aliphatic carbocycles. The molecule has 12 heavy (non-hydrogen) atoms. The van der Waals surface area contributed by atoms with Crippen LogP contribution in [0.2, 0.25) is 0 Å². The lowest BCUT2D eigenvalue weighted by atomic mass is 10.1. The number of hydrogen-bond donors (Lipinski definition) is 0. The predicted molar refractivity (Wildman–Crippen MR) is 47.6 cm³/mol. The van der Waals surface area contributed by atoms with E-state index in [1.54, 1.807) is 0 Å². The van der Waals surface area contributed by atoms with Gasteiger partial charge >= 0.3 is 5.97 Å². The highest BCUT2D eigenvalue weighted by atomic mass is 16.5. The smallest absolute Gasteiger partial charge is 0.309 e. The maximum Gasteiger partial charge on any atom is 0.309 e. The molecule has 0 radical (unpaired) electrons. The summed E-state index contributed by atoms with van der Waals surface area (Å²) in [7, 11) is 1.45. The standard InChI is InChI=1S/C10H16O2/c1-5-6-7-8(9(11)12-4)10(7,2)3/h5-8H,1-4H3/b6-5+/t7-,8+/m0/s1. The molecule has 1 saturated carbocycles. The topological polar surface area (TPSA) is 26.3 Å². The molecule has 0 amide bonds. The van der Waals surface area contributed by atoms with Crippen molar-refractivity contribution in [2.24, 2.45) is 17.3 Å². The fourth-order valence-corrected chi connectivity index (χ4v) is 1.82. The number of hydrogen-bond acceptors (Lipinski definition) is 2. The zero-order valence-electron chi connectivity index (χ0n) is 8.13. The van der Waals surface area contributed by atoms with Gasteiger partial charge in [0.25, 0.3) is 0 Å². The van der Waals surface area contributed by atoms with Gasteiger partial charge in [-0.1, -0.05) is 26.0 Å². The molecule has 0 aliphatic heterocycles. The van der Waals surface area contributed by atoms with Crippen LogP contribution in [0.25, 0.3) is 0 Å². The lowest BCUT2D eigenvalue weighted by Crippen LogP contribution is -2.07. The molecule has 1 aliphatic rings. The minimum absolute atomic E-state index is 0.0682. The van der Waals surface area contributed by atoms with Gasteiger partial charge in [-0.3, -0.25) is 4.79 Å². The summed E-state index contributed by atoms with van der Waals surface area (Å²) in [5, 5.41) is 0. The summed E-state index contributed by atoms with van der Waals surface area (Å²) in [6.45, 7) is 6.17. The summed E-state index contributed by atoms with van der Waals surface area (Å²) < 4.78 is 4.71. The second kappa shape index (κ2) is 2.92. The SMILES string of the molecule is C/C=C/[C@H]1[C@H](C(=O)OC)C1(C)C. The van der Waals surface area contributed by atoms with E-state index in [1.807, 2.05) is 13.0 Å². The van der Waals surface area contributed by atoms with E-state index in [1.165, 1.54) is 7.11 Å². The lowest BCUT2D eigenvalue weighted by molar-refractivity contribution is -0.143. The van der Waals surface area contributed by atoms with E-state index < -0.39 is 0 Å². The summed E-state index contributed by atoms with van der Waals surface area (Å²) in [6, 6.07) is 0. The Morgan fingerprint density at radius 2 is 2.08 bits per heavy atom. The molecule has 0 bridgehead atoms. The van der Waals surface area contributed by atoms with E-state index in [4.69, 9.17) is 4.74 Å². The van der Waals surface area contributed by atoms with Crippen LogP contribution in [-0.4, -0.2) is 13.1 Å². The number of esters is 1. The molecule has 0 heterocycles. The Labute approximate surface area is 73.6 Å². The molecule has 0 saturated heterocycles. The minimum Gasteiger partial charge on any atom is -0.469 e. The first kappa shape index (κ1) is 9.30. The van der Waals surface area contributed by atoms with Gasteiger partial charge in [-0.15, -0.1) is 0 Å². The highest BCUT2D eigenvalue weighted by Gasteiger charge is 2.60. The monoisotopic (exact) mass is 168 g/mol. The number of methoxy groups -OCH3 is 1. The second-order valence-electron chi connectivity index (χ2n) is 3.87. The Balaban J connectivity index is 2.66. The van der Waals surface area contributed by atoms with Gasteiger partial charge in [0, 0.05) is 0 Å². The fraction of sp³-hybridized carbons (Fsp3) is 0.700. The zero-order chi connectivity index (χ0) is 9.35. The predicted octanol–water partition coefficient (Wildman–Crippen LogP) is 2.01. The maximum absolute atomic E-state index is 11.2. The molecule has 0 spiro atoms. The average Bonchev–Trinajstić information content (AvgIpc) is 2.53. The van der Waals surface area contributed by atoms with Gasteiger partial charge in [-0.25, -0.2) is 0 Å². The first-order valence-corrected chi connectivity index (χ1v) is 4.26. The maximum atomic E-state index is 11.2. The number of carbonyl (C=O) groups is 1. The van der Waals surface area contributed by atoms with Gasteiger partial charge in [0.05, 0.1) is 13.0 Å². The van der Waals surface area contributed by atoms with Crippen molar-refractivity contribution >= 4 is 5.97 Å². The molecule has 68 valence electrons. The summed E-state index contributed by atoms with van der Waals surface area (Å²) >= 11 is 0. The van der Waals surface area contributed by atoms with E-state index in [0.29, 0.717) is 5.92 Å². The fourth-order valence-electron chi connectivity index (χ4n) is 1.82. The molecule has 2 heteroatoms. The summed E-state index contributed by atoms with van der Waals surface area (Å²) in [4.78, 5) is 11.2. The van der Waals surface area contributed by atoms with Crippen molar-refractivity contribution in [3.8, 4) is 0 Å². The largest absolute Gasteiger partial charge is 0.469 e. The van der Waals surface area contributed by atoms with Crippen molar-refractivity contribution in [1.29, 1.82) is 0 Å². The van der Waals surface area contributed by atoms with Crippen LogP contribution in [0, 0.1) is 17.3 Å². The molecule has 2 nitrogen and oxygen atoms in total. The Morgan fingerprint density at radius 3 is 2.50 bits per heavy atom. The molecule has 1 fully saturated rings. The Kier molecular flexibility index (Phi) is 2.27. The molecule has 0 aromatic heterocycles. The summed E-state index contributed by atoms with van der Waals surface area (Å²) in [5.41, 5.74) is 0.0968. The number of carbonyl (C=O) groups excluding carboxylic acids is 1. The minimum atomic E-state index is -0.0805. The molecular weight excluding hydrogens is 152 g/mol.